The third kappa shape index (κ3) is 1.90. The Morgan fingerprint density at radius 3 is 2.94 bits per heavy atom. The van der Waals surface area contributed by atoms with Crippen LogP contribution in [0.2, 0.25) is 5.02 Å². The molecule has 88 valence electrons. The first-order valence-corrected chi connectivity index (χ1v) is 5.71. The minimum atomic E-state index is -0.143. The third-order valence-electron chi connectivity index (χ3n) is 3.23. The highest BCUT2D eigenvalue weighted by Gasteiger charge is 2.37. The zero-order chi connectivity index (χ0) is 11.6. The first-order chi connectivity index (χ1) is 7.72. The molecule has 1 aromatic rings. The van der Waals surface area contributed by atoms with Crippen molar-refractivity contribution in [1.29, 1.82) is 0 Å². The minimum Gasteiger partial charge on any atom is -0.496 e. The monoisotopic (exact) mass is 241 g/mol. The summed E-state index contributed by atoms with van der Waals surface area (Å²) in [5.74, 6) is 0.834. The lowest BCUT2D eigenvalue weighted by molar-refractivity contribution is 0.177. The number of hydrogen-bond acceptors (Lipinski definition) is 3. The highest BCUT2D eigenvalue weighted by atomic mass is 35.5. The molecule has 1 aromatic carbocycles. The van der Waals surface area contributed by atoms with Crippen molar-refractivity contribution < 1.29 is 9.47 Å². The van der Waals surface area contributed by atoms with Gasteiger partial charge in [-0.1, -0.05) is 11.6 Å². The van der Waals surface area contributed by atoms with Crippen LogP contribution in [0.15, 0.2) is 18.2 Å². The van der Waals surface area contributed by atoms with E-state index < -0.39 is 0 Å². The molecule has 1 aliphatic rings. The van der Waals surface area contributed by atoms with Crippen molar-refractivity contribution in [2.45, 2.75) is 11.8 Å². The molecule has 0 saturated carbocycles. The number of nitrogens with two attached hydrogens (primary N) is 1. The predicted molar refractivity (Wildman–Crippen MR) is 64.2 cm³/mol. The van der Waals surface area contributed by atoms with Gasteiger partial charge in [0, 0.05) is 29.2 Å². The molecule has 1 fully saturated rings. The molecular weight excluding hydrogens is 226 g/mol. The van der Waals surface area contributed by atoms with Gasteiger partial charge in [0.2, 0.25) is 0 Å². The summed E-state index contributed by atoms with van der Waals surface area (Å²) in [5, 5.41) is 0.704. The molecule has 2 rings (SSSR count). The van der Waals surface area contributed by atoms with Gasteiger partial charge in [-0.3, -0.25) is 0 Å². The van der Waals surface area contributed by atoms with Gasteiger partial charge >= 0.3 is 0 Å². The Morgan fingerprint density at radius 2 is 2.38 bits per heavy atom. The number of halogens is 1. The summed E-state index contributed by atoms with van der Waals surface area (Å²) in [5.41, 5.74) is 6.81. The van der Waals surface area contributed by atoms with Gasteiger partial charge in [0.15, 0.2) is 0 Å². The maximum Gasteiger partial charge on any atom is 0.122 e. The van der Waals surface area contributed by atoms with Crippen molar-refractivity contribution in [3.63, 3.8) is 0 Å². The lowest BCUT2D eigenvalue weighted by Crippen LogP contribution is -2.36. The fourth-order valence-corrected chi connectivity index (χ4v) is 2.36. The molecule has 1 atom stereocenters. The van der Waals surface area contributed by atoms with Crippen LogP contribution in [0.1, 0.15) is 12.0 Å². The van der Waals surface area contributed by atoms with E-state index in [-0.39, 0.29) is 5.41 Å². The van der Waals surface area contributed by atoms with Gasteiger partial charge < -0.3 is 15.2 Å². The van der Waals surface area contributed by atoms with Crippen LogP contribution in [0.5, 0.6) is 5.75 Å². The Hall–Kier alpha value is -0.770. The normalized spacial score (nSPS) is 24.7. The SMILES string of the molecule is COc1ccc(Cl)cc1C1(CN)CCOC1. The van der Waals surface area contributed by atoms with Crippen molar-refractivity contribution in [1.82, 2.24) is 0 Å². The number of rotatable bonds is 3. The van der Waals surface area contributed by atoms with Gasteiger partial charge in [0.1, 0.15) is 5.75 Å². The summed E-state index contributed by atoms with van der Waals surface area (Å²) in [6, 6.07) is 5.64. The molecule has 0 amide bonds. The van der Waals surface area contributed by atoms with Crippen molar-refractivity contribution >= 4 is 11.6 Å². The number of methoxy groups -OCH3 is 1. The quantitative estimate of drug-likeness (QED) is 0.880. The van der Waals surface area contributed by atoms with Crippen LogP contribution >= 0.6 is 11.6 Å². The summed E-state index contributed by atoms with van der Waals surface area (Å²) < 4.78 is 10.8. The van der Waals surface area contributed by atoms with E-state index in [2.05, 4.69) is 0 Å². The van der Waals surface area contributed by atoms with Gasteiger partial charge in [0.05, 0.1) is 13.7 Å². The van der Waals surface area contributed by atoms with Gasteiger partial charge in [-0.2, -0.15) is 0 Å². The molecule has 0 aliphatic carbocycles. The second kappa shape index (κ2) is 4.62. The molecular formula is C12H16ClNO2. The van der Waals surface area contributed by atoms with Crippen LogP contribution in [0, 0.1) is 0 Å². The predicted octanol–water partition coefficient (Wildman–Crippen LogP) is 1.97. The van der Waals surface area contributed by atoms with E-state index >= 15 is 0 Å². The number of ether oxygens (including phenoxy) is 2. The summed E-state index contributed by atoms with van der Waals surface area (Å²) in [4.78, 5) is 0. The van der Waals surface area contributed by atoms with Crippen molar-refractivity contribution in [2.24, 2.45) is 5.73 Å². The molecule has 2 N–H and O–H groups in total. The van der Waals surface area contributed by atoms with Gasteiger partial charge in [-0.05, 0) is 24.6 Å². The molecule has 0 bridgehead atoms. The molecule has 16 heavy (non-hydrogen) atoms. The second-order valence-electron chi connectivity index (χ2n) is 4.13. The van der Waals surface area contributed by atoms with Crippen molar-refractivity contribution in [2.75, 3.05) is 26.9 Å². The summed E-state index contributed by atoms with van der Waals surface area (Å²) in [7, 11) is 1.66. The topological polar surface area (TPSA) is 44.5 Å². The maximum absolute atomic E-state index is 6.03. The van der Waals surface area contributed by atoms with E-state index in [0.29, 0.717) is 18.2 Å². The van der Waals surface area contributed by atoms with Crippen LogP contribution in [0.4, 0.5) is 0 Å². The average Bonchev–Trinajstić information content (AvgIpc) is 2.78. The van der Waals surface area contributed by atoms with E-state index in [1.165, 1.54) is 0 Å². The summed E-state index contributed by atoms with van der Waals surface area (Å²) >= 11 is 6.03. The molecule has 1 saturated heterocycles. The first-order valence-electron chi connectivity index (χ1n) is 5.34. The second-order valence-corrected chi connectivity index (χ2v) is 4.57. The largest absolute Gasteiger partial charge is 0.496 e. The van der Waals surface area contributed by atoms with E-state index in [1.54, 1.807) is 7.11 Å². The summed E-state index contributed by atoms with van der Waals surface area (Å²) in [6.45, 7) is 1.93. The lowest BCUT2D eigenvalue weighted by Gasteiger charge is -2.28. The first kappa shape index (κ1) is 11.7. The molecule has 1 aliphatic heterocycles. The zero-order valence-electron chi connectivity index (χ0n) is 9.33. The van der Waals surface area contributed by atoms with Crippen molar-refractivity contribution in [3.05, 3.63) is 28.8 Å². The minimum absolute atomic E-state index is 0.143. The Balaban J connectivity index is 2.47. The highest BCUT2D eigenvalue weighted by molar-refractivity contribution is 6.30. The Labute approximate surface area is 100 Å². The maximum atomic E-state index is 6.03. The van der Waals surface area contributed by atoms with Crippen LogP contribution in [-0.2, 0) is 10.2 Å². The Bertz CT molecular complexity index is 375. The van der Waals surface area contributed by atoms with Gasteiger partial charge in [-0.15, -0.1) is 0 Å². The number of benzene rings is 1. The van der Waals surface area contributed by atoms with E-state index in [9.17, 15) is 0 Å². The standard InChI is InChI=1S/C12H16ClNO2/c1-15-11-3-2-9(13)6-10(11)12(7-14)4-5-16-8-12/h2-3,6H,4-5,7-8,14H2,1H3. The number of hydrogen-bond donors (Lipinski definition) is 1. The third-order valence-corrected chi connectivity index (χ3v) is 3.46. The van der Waals surface area contributed by atoms with E-state index in [0.717, 1.165) is 24.3 Å². The highest BCUT2D eigenvalue weighted by Crippen LogP contribution is 2.39. The van der Waals surface area contributed by atoms with Gasteiger partial charge in [-0.25, -0.2) is 0 Å². The molecule has 4 heteroatoms. The lowest BCUT2D eigenvalue weighted by atomic mass is 9.79. The van der Waals surface area contributed by atoms with Crippen LogP contribution in [0.25, 0.3) is 0 Å². The Kier molecular flexibility index (Phi) is 3.38. The summed E-state index contributed by atoms with van der Waals surface area (Å²) in [6.07, 6.45) is 0.917. The Morgan fingerprint density at radius 1 is 1.56 bits per heavy atom. The van der Waals surface area contributed by atoms with E-state index in [1.807, 2.05) is 18.2 Å². The fraction of sp³-hybridized carbons (Fsp3) is 0.500. The average molecular weight is 242 g/mol. The van der Waals surface area contributed by atoms with Crippen LogP contribution in [0.3, 0.4) is 0 Å². The molecule has 1 heterocycles. The molecule has 1 unspecified atom stereocenters. The smallest absolute Gasteiger partial charge is 0.122 e. The molecule has 0 radical (unpaired) electrons. The zero-order valence-corrected chi connectivity index (χ0v) is 10.1. The fourth-order valence-electron chi connectivity index (χ4n) is 2.19. The van der Waals surface area contributed by atoms with Gasteiger partial charge in [0.25, 0.3) is 0 Å². The van der Waals surface area contributed by atoms with E-state index in [4.69, 9.17) is 26.8 Å². The van der Waals surface area contributed by atoms with Crippen LogP contribution in [-0.4, -0.2) is 26.9 Å². The van der Waals surface area contributed by atoms with Crippen LogP contribution < -0.4 is 10.5 Å². The molecule has 3 nitrogen and oxygen atoms in total. The van der Waals surface area contributed by atoms with Crippen molar-refractivity contribution in [3.8, 4) is 5.75 Å². The molecule has 0 spiro atoms. The molecule has 0 aromatic heterocycles.